The first-order valence-corrected chi connectivity index (χ1v) is 11.8. The van der Waals surface area contributed by atoms with E-state index in [4.69, 9.17) is 19.2 Å². The van der Waals surface area contributed by atoms with E-state index in [0.29, 0.717) is 12.5 Å². The maximum atomic E-state index is 12.7. The highest BCUT2D eigenvalue weighted by molar-refractivity contribution is 5.91. The predicted molar refractivity (Wildman–Crippen MR) is 136 cm³/mol. The molecule has 182 valence electrons. The van der Waals surface area contributed by atoms with E-state index in [2.05, 4.69) is 40.2 Å². The third-order valence-electron chi connectivity index (χ3n) is 6.28. The maximum absolute atomic E-state index is 12.7. The molecule has 1 aliphatic rings. The zero-order chi connectivity index (χ0) is 24.9. The molecule has 7 nitrogen and oxygen atoms in total. The van der Waals surface area contributed by atoms with E-state index in [-0.39, 0.29) is 30.0 Å². The number of ether oxygens (including phenoxy) is 3. The Labute approximate surface area is 210 Å². The Bertz CT molecular complexity index is 1350. The molecular formula is C29H27N3O4. The van der Waals surface area contributed by atoms with Gasteiger partial charge in [0, 0.05) is 6.54 Å². The van der Waals surface area contributed by atoms with Crippen LogP contribution < -0.4 is 14.4 Å². The number of hydrogen-bond donors (Lipinski definition) is 0. The molecule has 1 aliphatic heterocycles. The molecule has 0 saturated carbocycles. The van der Waals surface area contributed by atoms with Crippen molar-refractivity contribution in [3.8, 4) is 11.6 Å². The van der Waals surface area contributed by atoms with Gasteiger partial charge in [-0.2, -0.15) is 4.98 Å². The Hall–Kier alpha value is -4.39. The van der Waals surface area contributed by atoms with Crippen LogP contribution in [-0.4, -0.2) is 36.7 Å². The van der Waals surface area contributed by atoms with Crippen molar-refractivity contribution >= 4 is 11.9 Å². The van der Waals surface area contributed by atoms with E-state index in [1.165, 1.54) is 25.3 Å². The Morgan fingerprint density at radius 3 is 2.33 bits per heavy atom. The van der Waals surface area contributed by atoms with Crippen LogP contribution in [0.3, 0.4) is 0 Å². The fraction of sp³-hybridized carbons (Fsp3) is 0.207. The average Bonchev–Trinajstić information content (AvgIpc) is 2.95. The zero-order valence-corrected chi connectivity index (χ0v) is 20.3. The van der Waals surface area contributed by atoms with Crippen molar-refractivity contribution in [3.05, 3.63) is 113 Å². The van der Waals surface area contributed by atoms with Crippen molar-refractivity contribution in [1.82, 2.24) is 9.97 Å². The lowest BCUT2D eigenvalue weighted by atomic mass is 9.88. The number of fused-ring (bicyclic) bond motifs is 1. The molecule has 0 bridgehead atoms. The summed E-state index contributed by atoms with van der Waals surface area (Å²) < 4.78 is 16.6. The van der Waals surface area contributed by atoms with Gasteiger partial charge in [0.2, 0.25) is 11.7 Å². The van der Waals surface area contributed by atoms with Crippen molar-refractivity contribution in [2.75, 3.05) is 25.7 Å². The highest BCUT2D eigenvalue weighted by Gasteiger charge is 2.33. The minimum absolute atomic E-state index is 0.0266. The quantitative estimate of drug-likeness (QED) is 0.344. The van der Waals surface area contributed by atoms with Crippen LogP contribution in [0.25, 0.3) is 0 Å². The van der Waals surface area contributed by atoms with Gasteiger partial charge in [-0.25, -0.2) is 9.78 Å². The second-order valence-corrected chi connectivity index (χ2v) is 8.43. The van der Waals surface area contributed by atoms with Gasteiger partial charge >= 0.3 is 5.97 Å². The van der Waals surface area contributed by atoms with Gasteiger partial charge < -0.3 is 19.1 Å². The summed E-state index contributed by atoms with van der Waals surface area (Å²) in [5.74, 6) is 0.101. The molecule has 0 N–H and O–H groups in total. The SMILES string of the molecule is COC(=O)c1nc(N2CCc3ccccc3C2c2ccccc2)nc(OCc2ccccc2)c1OC. The van der Waals surface area contributed by atoms with Gasteiger partial charge in [0.25, 0.3) is 5.88 Å². The lowest BCUT2D eigenvalue weighted by Crippen LogP contribution is -2.37. The standard InChI is InChI=1S/C29H27N3O4/c1-34-26-24(28(33)35-2)30-29(31-27(26)36-19-20-11-5-3-6-12-20)32-18-17-21-13-9-10-16-23(21)25(32)22-14-7-4-8-15-22/h3-16,25H,17-19H2,1-2H3. The molecule has 1 aromatic heterocycles. The maximum Gasteiger partial charge on any atom is 0.360 e. The second-order valence-electron chi connectivity index (χ2n) is 8.43. The van der Waals surface area contributed by atoms with Crippen molar-refractivity contribution in [2.45, 2.75) is 19.1 Å². The fourth-order valence-electron chi connectivity index (χ4n) is 4.57. The number of methoxy groups -OCH3 is 2. The molecule has 7 heteroatoms. The van der Waals surface area contributed by atoms with Crippen LogP contribution in [0.15, 0.2) is 84.9 Å². The summed E-state index contributed by atoms with van der Waals surface area (Å²) in [6.45, 7) is 0.931. The summed E-state index contributed by atoms with van der Waals surface area (Å²) >= 11 is 0. The number of nitrogens with zero attached hydrogens (tertiary/aromatic N) is 3. The number of aromatic nitrogens is 2. The predicted octanol–water partition coefficient (Wildman–Crippen LogP) is 5.00. The first kappa shape index (κ1) is 23.4. The average molecular weight is 482 g/mol. The van der Waals surface area contributed by atoms with Crippen LogP contribution in [0.5, 0.6) is 11.6 Å². The molecule has 0 spiro atoms. The Kier molecular flexibility index (Phi) is 6.80. The van der Waals surface area contributed by atoms with E-state index in [1.807, 2.05) is 54.6 Å². The lowest BCUT2D eigenvalue weighted by molar-refractivity contribution is 0.0588. The fourth-order valence-corrected chi connectivity index (χ4v) is 4.57. The monoisotopic (exact) mass is 481 g/mol. The Morgan fingerprint density at radius 2 is 1.61 bits per heavy atom. The molecule has 5 rings (SSSR count). The number of benzene rings is 3. The molecule has 36 heavy (non-hydrogen) atoms. The number of anilines is 1. The van der Waals surface area contributed by atoms with Crippen LogP contribution in [0.2, 0.25) is 0 Å². The molecule has 2 heterocycles. The number of carbonyl (C=O) groups is 1. The molecule has 4 aromatic rings. The molecular weight excluding hydrogens is 454 g/mol. The van der Waals surface area contributed by atoms with E-state index in [1.54, 1.807) is 0 Å². The highest BCUT2D eigenvalue weighted by Crippen LogP contribution is 2.39. The van der Waals surface area contributed by atoms with Gasteiger partial charge in [0.05, 0.1) is 20.3 Å². The highest BCUT2D eigenvalue weighted by atomic mass is 16.5. The number of esters is 1. The van der Waals surface area contributed by atoms with Crippen molar-refractivity contribution in [3.63, 3.8) is 0 Å². The number of rotatable bonds is 7. The van der Waals surface area contributed by atoms with E-state index < -0.39 is 5.97 Å². The first-order chi connectivity index (χ1) is 17.7. The van der Waals surface area contributed by atoms with Gasteiger partial charge in [-0.05, 0) is 28.7 Å². The van der Waals surface area contributed by atoms with Gasteiger partial charge in [0.1, 0.15) is 6.61 Å². The molecule has 0 amide bonds. The summed E-state index contributed by atoms with van der Waals surface area (Å²) in [5, 5.41) is 0. The molecule has 0 radical (unpaired) electrons. The van der Waals surface area contributed by atoms with Gasteiger partial charge in [-0.3, -0.25) is 0 Å². The van der Waals surface area contributed by atoms with E-state index >= 15 is 0 Å². The van der Waals surface area contributed by atoms with Crippen molar-refractivity contribution < 1.29 is 19.0 Å². The summed E-state index contributed by atoms with van der Waals surface area (Å²) in [6.07, 6.45) is 0.822. The third-order valence-corrected chi connectivity index (χ3v) is 6.28. The van der Waals surface area contributed by atoms with Crippen LogP contribution in [0.1, 0.15) is 38.8 Å². The van der Waals surface area contributed by atoms with Crippen LogP contribution in [0, 0.1) is 0 Å². The Morgan fingerprint density at radius 1 is 0.917 bits per heavy atom. The topological polar surface area (TPSA) is 73.8 Å². The summed E-state index contributed by atoms with van der Waals surface area (Å²) in [6, 6.07) is 28.2. The van der Waals surface area contributed by atoms with E-state index in [9.17, 15) is 4.79 Å². The Balaban J connectivity index is 1.62. The van der Waals surface area contributed by atoms with Gasteiger partial charge in [0.15, 0.2) is 5.69 Å². The molecule has 1 atom stereocenters. The molecule has 0 saturated heterocycles. The zero-order valence-electron chi connectivity index (χ0n) is 20.3. The lowest BCUT2D eigenvalue weighted by Gasteiger charge is -2.38. The summed E-state index contributed by atoms with van der Waals surface area (Å²) in [4.78, 5) is 24.3. The smallest absolute Gasteiger partial charge is 0.360 e. The van der Waals surface area contributed by atoms with E-state index in [0.717, 1.165) is 17.5 Å². The molecule has 0 aliphatic carbocycles. The van der Waals surface area contributed by atoms with Gasteiger partial charge in [-0.1, -0.05) is 84.9 Å². The summed E-state index contributed by atoms with van der Waals surface area (Å²) in [5.41, 5.74) is 4.56. The van der Waals surface area contributed by atoms with Crippen molar-refractivity contribution in [1.29, 1.82) is 0 Å². The summed E-state index contributed by atoms with van der Waals surface area (Å²) in [7, 11) is 2.78. The largest absolute Gasteiger partial charge is 0.489 e. The van der Waals surface area contributed by atoms with Crippen molar-refractivity contribution in [2.24, 2.45) is 0 Å². The van der Waals surface area contributed by atoms with Crippen LogP contribution >= 0.6 is 0 Å². The first-order valence-electron chi connectivity index (χ1n) is 11.8. The number of carbonyl (C=O) groups excluding carboxylic acids is 1. The normalized spacial score (nSPS) is 14.6. The second kappa shape index (κ2) is 10.5. The number of hydrogen-bond acceptors (Lipinski definition) is 7. The molecule has 1 unspecified atom stereocenters. The minimum atomic E-state index is -0.617. The van der Waals surface area contributed by atoms with Gasteiger partial charge in [-0.15, -0.1) is 0 Å². The molecule has 0 fully saturated rings. The third kappa shape index (κ3) is 4.60. The molecule has 3 aromatic carbocycles. The van der Waals surface area contributed by atoms with Crippen LogP contribution in [0.4, 0.5) is 5.95 Å². The minimum Gasteiger partial charge on any atom is -0.489 e. The van der Waals surface area contributed by atoms with Crippen LogP contribution in [-0.2, 0) is 17.8 Å².